The van der Waals surface area contributed by atoms with Crippen molar-refractivity contribution in [2.45, 2.75) is 0 Å². The number of pyridine rings is 1. The molecule has 0 aliphatic carbocycles. The molecule has 218 valence electrons. The van der Waals surface area contributed by atoms with E-state index in [1.807, 2.05) is 78.8 Å². The number of fused-ring (bicyclic) bond motifs is 6. The summed E-state index contributed by atoms with van der Waals surface area (Å²) in [6.45, 7) is 2.05. The zero-order chi connectivity index (χ0) is 29.5. The predicted molar refractivity (Wildman–Crippen MR) is 179 cm³/mol. The average molecular weight is 760 g/mol. The molecular formula is C39H27IrN4O. The quantitative estimate of drug-likeness (QED) is 0.168. The Balaban J connectivity index is 0.000000211. The number of anilines is 1. The summed E-state index contributed by atoms with van der Waals surface area (Å²) in [7, 11) is 2.02. The van der Waals surface area contributed by atoms with Crippen LogP contribution in [0.1, 0.15) is 0 Å². The Bertz CT molecular complexity index is 2240. The van der Waals surface area contributed by atoms with Gasteiger partial charge in [-0.2, -0.15) is 18.8 Å². The minimum atomic E-state index is 0. The van der Waals surface area contributed by atoms with Crippen LogP contribution in [0.2, 0.25) is 0 Å². The number of rotatable bonds is 3. The van der Waals surface area contributed by atoms with Gasteiger partial charge in [-0.05, 0) is 60.9 Å². The van der Waals surface area contributed by atoms with E-state index in [0.717, 1.165) is 55.6 Å². The number of aromatic nitrogens is 2. The third kappa shape index (κ3) is 5.29. The van der Waals surface area contributed by atoms with Gasteiger partial charge in [0.2, 0.25) is 0 Å². The first-order valence-corrected chi connectivity index (χ1v) is 14.5. The maximum atomic E-state index is 6.22. The van der Waals surface area contributed by atoms with E-state index in [2.05, 4.69) is 100 Å². The van der Waals surface area contributed by atoms with Crippen LogP contribution in [-0.2, 0) is 20.1 Å². The van der Waals surface area contributed by atoms with Crippen molar-refractivity contribution in [3.63, 3.8) is 0 Å². The van der Waals surface area contributed by atoms with Crippen molar-refractivity contribution in [1.29, 1.82) is 0 Å². The Morgan fingerprint density at radius 3 is 2.27 bits per heavy atom. The zero-order valence-corrected chi connectivity index (χ0v) is 26.8. The number of para-hydroxylation sites is 2. The largest absolute Gasteiger partial charge is 3.00 e. The fourth-order valence-electron chi connectivity index (χ4n) is 5.84. The van der Waals surface area contributed by atoms with E-state index < -0.39 is 0 Å². The van der Waals surface area contributed by atoms with Gasteiger partial charge in [-0.25, -0.2) is 0 Å². The molecule has 0 saturated heterocycles. The Labute approximate surface area is 275 Å². The molecule has 0 spiro atoms. The summed E-state index contributed by atoms with van der Waals surface area (Å²) >= 11 is 0. The average Bonchev–Trinajstić information content (AvgIpc) is 3.78. The van der Waals surface area contributed by atoms with Gasteiger partial charge in [0.15, 0.2) is 0 Å². The molecule has 5 aromatic carbocycles. The number of benzene rings is 5. The van der Waals surface area contributed by atoms with E-state index in [1.165, 1.54) is 10.8 Å². The second kappa shape index (κ2) is 12.1. The molecular weight excluding hydrogens is 733 g/mol. The topological polar surface area (TPSA) is 37.4 Å². The van der Waals surface area contributed by atoms with Crippen LogP contribution in [0.25, 0.3) is 60.7 Å². The van der Waals surface area contributed by atoms with Crippen LogP contribution in [0.15, 0.2) is 144 Å². The second-order valence-corrected chi connectivity index (χ2v) is 10.7. The molecule has 1 aliphatic rings. The third-order valence-electron chi connectivity index (χ3n) is 7.89. The molecule has 0 radical (unpaired) electrons. The maximum absolute atomic E-state index is 6.22. The van der Waals surface area contributed by atoms with Crippen LogP contribution in [0, 0.1) is 18.8 Å². The molecule has 0 bridgehead atoms. The molecule has 0 N–H and O–H groups in total. The standard InChI is InChI=1S/C28H19N3O.C11H8N.Ir/c1-29-13-14-30(18-29)20-11-12-25-22(15-20)23-16-24-21-9-5-6-10-27(21)32-28(24)17-26(23)31(25)19-7-3-2-4-8-19;1-2-6-10(7-3-1)11-8-4-5-9-12-11;/h2-10,12-18H,1H3;1-6,8-9H;/q-2;-1;+3. The monoisotopic (exact) mass is 760 g/mol. The van der Waals surface area contributed by atoms with Crippen molar-refractivity contribution in [1.82, 2.24) is 14.5 Å². The van der Waals surface area contributed by atoms with Crippen molar-refractivity contribution in [2.75, 3.05) is 11.9 Å². The molecule has 0 saturated carbocycles. The van der Waals surface area contributed by atoms with E-state index in [4.69, 9.17) is 4.42 Å². The number of furan rings is 1. The molecule has 0 amide bonds. The summed E-state index contributed by atoms with van der Waals surface area (Å²) in [4.78, 5) is 8.35. The van der Waals surface area contributed by atoms with Crippen LogP contribution in [0.4, 0.5) is 5.69 Å². The van der Waals surface area contributed by atoms with E-state index >= 15 is 0 Å². The molecule has 0 atom stereocenters. The second-order valence-electron chi connectivity index (χ2n) is 10.7. The molecule has 1 aliphatic heterocycles. The fraction of sp³-hybridized carbons (Fsp3) is 0.0256. The van der Waals surface area contributed by atoms with Gasteiger partial charge in [-0.3, -0.25) is 0 Å². The summed E-state index contributed by atoms with van der Waals surface area (Å²) in [6, 6.07) is 47.8. The SMILES string of the molecule is CN1C=CN(c2[c-]cc3c(c2)c2cc4c(cc2n3-c2ccccc2)oc2ccccc24)[CH-]1.[Ir+3].[c-]1ccccc1-c1ccccn1. The predicted octanol–water partition coefficient (Wildman–Crippen LogP) is 9.37. The minimum absolute atomic E-state index is 0. The normalized spacial score (nSPS) is 12.6. The minimum Gasteiger partial charge on any atom is -0.510 e. The Morgan fingerprint density at radius 1 is 0.689 bits per heavy atom. The van der Waals surface area contributed by atoms with Crippen molar-refractivity contribution in [3.05, 3.63) is 159 Å². The molecule has 9 rings (SSSR count). The smallest absolute Gasteiger partial charge is 0.510 e. The van der Waals surface area contributed by atoms with Crippen molar-refractivity contribution < 1.29 is 24.5 Å². The number of nitrogens with zero attached hydrogens (tertiary/aromatic N) is 4. The van der Waals surface area contributed by atoms with Crippen LogP contribution in [-0.4, -0.2) is 21.5 Å². The van der Waals surface area contributed by atoms with Gasteiger partial charge in [-0.15, -0.1) is 53.0 Å². The fourth-order valence-corrected chi connectivity index (χ4v) is 5.84. The zero-order valence-electron chi connectivity index (χ0n) is 24.4. The van der Waals surface area contributed by atoms with Gasteiger partial charge in [0.05, 0.1) is 0 Å². The first-order valence-electron chi connectivity index (χ1n) is 14.5. The summed E-state index contributed by atoms with van der Waals surface area (Å²) in [5.74, 6) is 0. The van der Waals surface area contributed by atoms with Crippen LogP contribution in [0.3, 0.4) is 0 Å². The van der Waals surface area contributed by atoms with Gasteiger partial charge in [-0.1, -0.05) is 54.0 Å². The molecule has 45 heavy (non-hydrogen) atoms. The van der Waals surface area contributed by atoms with Crippen LogP contribution < -0.4 is 4.90 Å². The Morgan fingerprint density at radius 2 is 1.49 bits per heavy atom. The number of hydrogen-bond donors (Lipinski definition) is 0. The summed E-state index contributed by atoms with van der Waals surface area (Å²) in [6.07, 6.45) is 5.87. The van der Waals surface area contributed by atoms with Gasteiger partial charge in [0.1, 0.15) is 11.2 Å². The van der Waals surface area contributed by atoms with E-state index in [0.29, 0.717) is 0 Å². The molecule has 5 nitrogen and oxygen atoms in total. The molecule has 8 aromatic rings. The van der Waals surface area contributed by atoms with Crippen molar-refractivity contribution in [3.8, 4) is 16.9 Å². The van der Waals surface area contributed by atoms with E-state index in [-0.39, 0.29) is 20.1 Å². The van der Waals surface area contributed by atoms with E-state index in [1.54, 1.807) is 6.20 Å². The summed E-state index contributed by atoms with van der Waals surface area (Å²) in [5.41, 5.74) is 8.22. The van der Waals surface area contributed by atoms with Crippen molar-refractivity contribution >= 4 is 49.4 Å². The first-order chi connectivity index (χ1) is 21.7. The number of hydrogen-bond acceptors (Lipinski definition) is 4. The van der Waals surface area contributed by atoms with E-state index in [9.17, 15) is 0 Å². The van der Waals surface area contributed by atoms with Gasteiger partial charge >= 0.3 is 20.1 Å². The van der Waals surface area contributed by atoms with Crippen molar-refractivity contribution in [2.24, 2.45) is 0 Å². The van der Waals surface area contributed by atoms with Gasteiger partial charge < -0.3 is 23.8 Å². The van der Waals surface area contributed by atoms with Gasteiger partial charge in [0.25, 0.3) is 0 Å². The van der Waals surface area contributed by atoms with Crippen LogP contribution >= 0.6 is 0 Å². The summed E-state index contributed by atoms with van der Waals surface area (Å²) < 4.78 is 8.51. The molecule has 4 heterocycles. The third-order valence-corrected chi connectivity index (χ3v) is 7.89. The molecule has 0 fully saturated rings. The van der Waals surface area contributed by atoms with Gasteiger partial charge in [0, 0.05) is 34.2 Å². The molecule has 0 unspecified atom stereocenters. The maximum Gasteiger partial charge on any atom is 3.00 e. The molecule has 6 heteroatoms. The molecule has 3 aromatic heterocycles. The Hall–Kier alpha value is -5.16. The first kappa shape index (κ1) is 28.6. The summed E-state index contributed by atoms with van der Waals surface area (Å²) in [5, 5.41) is 4.68. The Kier molecular flexibility index (Phi) is 7.68. The van der Waals surface area contributed by atoms with Crippen LogP contribution in [0.5, 0.6) is 0 Å².